The van der Waals surface area contributed by atoms with Gasteiger partial charge >= 0.3 is 5.63 Å². The molecule has 2 aromatic carbocycles. The Hall–Kier alpha value is -2.39. The molecule has 4 rings (SSSR count). The van der Waals surface area contributed by atoms with E-state index in [0.29, 0.717) is 5.58 Å². The van der Waals surface area contributed by atoms with Gasteiger partial charge in [0.15, 0.2) is 0 Å². The van der Waals surface area contributed by atoms with Gasteiger partial charge in [-0.05, 0) is 42.7 Å². The van der Waals surface area contributed by atoms with Gasteiger partial charge in [-0.15, -0.1) is 0 Å². The molecule has 3 aromatic rings. The number of fused-ring (bicyclic) bond motifs is 2. The third-order valence-corrected chi connectivity index (χ3v) is 5.19. The SMILES string of the molecule is Cc1cc2oc(=O)cc(C[NH+]3CCc4ccccc4C3)c2cc1C. The van der Waals surface area contributed by atoms with Crippen LogP contribution in [0, 0.1) is 13.8 Å². The number of benzene rings is 2. The fraction of sp³-hybridized carbons (Fsp3) is 0.286. The van der Waals surface area contributed by atoms with Crippen molar-refractivity contribution in [3.63, 3.8) is 0 Å². The molecule has 24 heavy (non-hydrogen) atoms. The molecule has 0 bridgehead atoms. The van der Waals surface area contributed by atoms with E-state index in [1.54, 1.807) is 6.07 Å². The first-order chi connectivity index (χ1) is 11.6. The zero-order chi connectivity index (χ0) is 16.7. The second kappa shape index (κ2) is 5.91. The van der Waals surface area contributed by atoms with Gasteiger partial charge in [0.25, 0.3) is 0 Å². The molecule has 1 aliphatic heterocycles. The smallest absolute Gasteiger partial charge is 0.336 e. The molecule has 0 radical (unpaired) electrons. The van der Waals surface area contributed by atoms with Crippen molar-refractivity contribution >= 4 is 11.0 Å². The van der Waals surface area contributed by atoms with E-state index < -0.39 is 0 Å². The topological polar surface area (TPSA) is 34.6 Å². The van der Waals surface area contributed by atoms with Crippen molar-refractivity contribution in [2.75, 3.05) is 6.54 Å². The fourth-order valence-corrected chi connectivity index (χ4v) is 3.69. The summed E-state index contributed by atoms with van der Waals surface area (Å²) in [7, 11) is 0. The Morgan fingerprint density at radius 3 is 2.62 bits per heavy atom. The van der Waals surface area contributed by atoms with E-state index in [1.807, 2.05) is 13.0 Å². The van der Waals surface area contributed by atoms with E-state index in [0.717, 1.165) is 42.6 Å². The number of aryl methyl sites for hydroxylation is 2. The molecule has 0 saturated heterocycles. The van der Waals surface area contributed by atoms with Crippen LogP contribution in [-0.4, -0.2) is 6.54 Å². The minimum Gasteiger partial charge on any atom is -0.423 e. The van der Waals surface area contributed by atoms with Crippen molar-refractivity contribution in [3.05, 3.63) is 80.7 Å². The van der Waals surface area contributed by atoms with Crippen molar-refractivity contribution in [1.82, 2.24) is 0 Å². The van der Waals surface area contributed by atoms with Crippen LogP contribution in [0.5, 0.6) is 0 Å². The van der Waals surface area contributed by atoms with Crippen molar-refractivity contribution in [1.29, 1.82) is 0 Å². The van der Waals surface area contributed by atoms with E-state index in [1.165, 1.54) is 21.6 Å². The first kappa shape index (κ1) is 15.2. The average Bonchev–Trinajstić information content (AvgIpc) is 2.56. The molecule has 3 nitrogen and oxygen atoms in total. The molecular formula is C21H22NO2+. The van der Waals surface area contributed by atoms with Crippen molar-refractivity contribution < 1.29 is 9.32 Å². The van der Waals surface area contributed by atoms with Crippen molar-refractivity contribution in [3.8, 4) is 0 Å². The predicted molar refractivity (Wildman–Crippen MR) is 95.3 cm³/mol. The Labute approximate surface area is 141 Å². The highest BCUT2D eigenvalue weighted by molar-refractivity contribution is 5.81. The number of nitrogens with one attached hydrogen (secondary N) is 1. The molecule has 0 amide bonds. The predicted octanol–water partition coefficient (Wildman–Crippen LogP) is 2.55. The first-order valence-corrected chi connectivity index (χ1v) is 8.54. The second-order valence-corrected chi connectivity index (χ2v) is 6.90. The maximum absolute atomic E-state index is 12.0. The van der Waals surface area contributed by atoms with Crippen LogP contribution in [0.4, 0.5) is 0 Å². The summed E-state index contributed by atoms with van der Waals surface area (Å²) < 4.78 is 5.42. The van der Waals surface area contributed by atoms with Crippen LogP contribution in [0.3, 0.4) is 0 Å². The normalized spacial score (nSPS) is 17.0. The van der Waals surface area contributed by atoms with E-state index in [2.05, 4.69) is 37.3 Å². The quantitative estimate of drug-likeness (QED) is 0.737. The summed E-state index contributed by atoms with van der Waals surface area (Å²) >= 11 is 0. The minimum absolute atomic E-state index is 0.252. The van der Waals surface area contributed by atoms with Crippen molar-refractivity contribution in [2.24, 2.45) is 0 Å². The van der Waals surface area contributed by atoms with E-state index in [-0.39, 0.29) is 5.63 Å². The van der Waals surface area contributed by atoms with Gasteiger partial charge in [-0.3, -0.25) is 0 Å². The Balaban J connectivity index is 1.70. The first-order valence-electron chi connectivity index (χ1n) is 8.54. The summed E-state index contributed by atoms with van der Waals surface area (Å²) in [6.07, 6.45) is 1.10. The molecule has 1 atom stereocenters. The summed E-state index contributed by atoms with van der Waals surface area (Å²) in [5.74, 6) is 0. The summed E-state index contributed by atoms with van der Waals surface area (Å²) in [5.41, 5.74) is 6.83. The fourth-order valence-electron chi connectivity index (χ4n) is 3.69. The van der Waals surface area contributed by atoms with Crippen LogP contribution in [0.2, 0.25) is 0 Å². The maximum Gasteiger partial charge on any atom is 0.336 e. The molecule has 2 heterocycles. The Kier molecular flexibility index (Phi) is 3.73. The van der Waals surface area contributed by atoms with Crippen LogP contribution in [-0.2, 0) is 19.5 Å². The summed E-state index contributed by atoms with van der Waals surface area (Å²) in [4.78, 5) is 13.5. The highest BCUT2D eigenvalue weighted by Gasteiger charge is 2.20. The Bertz CT molecular complexity index is 971. The maximum atomic E-state index is 12.0. The second-order valence-electron chi connectivity index (χ2n) is 6.90. The number of quaternary nitrogens is 1. The van der Waals surface area contributed by atoms with E-state index >= 15 is 0 Å². The number of hydrogen-bond donors (Lipinski definition) is 1. The number of hydrogen-bond acceptors (Lipinski definition) is 2. The molecule has 0 spiro atoms. The molecule has 1 aromatic heterocycles. The highest BCUT2D eigenvalue weighted by Crippen LogP contribution is 2.21. The molecule has 1 unspecified atom stereocenters. The van der Waals surface area contributed by atoms with Gasteiger partial charge < -0.3 is 9.32 Å². The lowest BCUT2D eigenvalue weighted by Crippen LogP contribution is -3.10. The van der Waals surface area contributed by atoms with Crippen LogP contribution >= 0.6 is 0 Å². The molecule has 1 N–H and O–H groups in total. The lowest BCUT2D eigenvalue weighted by molar-refractivity contribution is -0.929. The lowest BCUT2D eigenvalue weighted by atomic mass is 9.98. The summed E-state index contributed by atoms with van der Waals surface area (Å²) in [6.45, 7) is 7.13. The van der Waals surface area contributed by atoms with Gasteiger partial charge in [0.2, 0.25) is 0 Å². The molecule has 1 aliphatic rings. The van der Waals surface area contributed by atoms with Gasteiger partial charge in [-0.2, -0.15) is 0 Å². The van der Waals surface area contributed by atoms with Gasteiger partial charge in [0.1, 0.15) is 18.7 Å². The van der Waals surface area contributed by atoms with E-state index in [4.69, 9.17) is 4.42 Å². The average molecular weight is 320 g/mol. The summed E-state index contributed by atoms with van der Waals surface area (Å²) in [6, 6.07) is 14.5. The zero-order valence-electron chi connectivity index (χ0n) is 14.2. The molecule has 0 fully saturated rings. The monoisotopic (exact) mass is 320 g/mol. The zero-order valence-corrected chi connectivity index (χ0v) is 14.2. The lowest BCUT2D eigenvalue weighted by Gasteiger charge is -2.26. The van der Waals surface area contributed by atoms with Gasteiger partial charge in [0.05, 0.1) is 6.54 Å². The van der Waals surface area contributed by atoms with Gasteiger partial charge in [-0.1, -0.05) is 24.3 Å². The highest BCUT2D eigenvalue weighted by atomic mass is 16.4. The Morgan fingerprint density at radius 1 is 1.04 bits per heavy atom. The van der Waals surface area contributed by atoms with Crippen molar-refractivity contribution in [2.45, 2.75) is 33.4 Å². The largest absolute Gasteiger partial charge is 0.423 e. The molecule has 0 aliphatic carbocycles. The third-order valence-electron chi connectivity index (χ3n) is 5.19. The van der Waals surface area contributed by atoms with Crippen LogP contribution < -0.4 is 10.5 Å². The Morgan fingerprint density at radius 2 is 1.79 bits per heavy atom. The van der Waals surface area contributed by atoms with Gasteiger partial charge in [-0.25, -0.2) is 4.79 Å². The van der Waals surface area contributed by atoms with Crippen LogP contribution in [0.25, 0.3) is 11.0 Å². The minimum atomic E-state index is -0.252. The standard InChI is InChI=1S/C21H21NO2/c1-14-9-19-18(11-21(23)24-20(19)10-15(14)2)13-22-8-7-16-5-3-4-6-17(16)12-22/h3-6,9-11H,7-8,12-13H2,1-2H3/p+1. The van der Waals surface area contributed by atoms with Crippen LogP contribution in [0.15, 0.2) is 51.7 Å². The number of rotatable bonds is 2. The summed E-state index contributed by atoms with van der Waals surface area (Å²) in [5, 5.41) is 1.07. The molecular weight excluding hydrogens is 298 g/mol. The van der Waals surface area contributed by atoms with Crippen LogP contribution in [0.1, 0.15) is 27.8 Å². The molecule has 122 valence electrons. The van der Waals surface area contributed by atoms with Gasteiger partial charge in [0, 0.05) is 29.0 Å². The molecule has 0 saturated carbocycles. The van der Waals surface area contributed by atoms with E-state index in [9.17, 15) is 4.79 Å². The third kappa shape index (κ3) is 2.76. The molecule has 3 heteroatoms.